The van der Waals surface area contributed by atoms with Gasteiger partial charge in [0.1, 0.15) is 0 Å². The molecule has 0 aliphatic carbocycles. The summed E-state index contributed by atoms with van der Waals surface area (Å²) in [6.45, 7) is 2.03. The molecule has 3 rings (SSSR count). The standard InChI is InChI=1S/C18H14N2O3S2/c1-2-23-17(22)13-4-3-5-14(11-13)20-16(21)15(25-18(20)24)10-12-6-8-19-9-7-12/h3-11H,2H2,1H3. The summed E-state index contributed by atoms with van der Waals surface area (Å²) in [7, 11) is 0. The van der Waals surface area contributed by atoms with E-state index in [1.165, 1.54) is 16.7 Å². The van der Waals surface area contributed by atoms with Gasteiger partial charge in [-0.3, -0.25) is 14.7 Å². The SMILES string of the molecule is CCOC(=O)c1cccc(N2C(=O)C(=Cc3ccncc3)SC2=S)c1. The zero-order valence-corrected chi connectivity index (χ0v) is 15.0. The number of esters is 1. The number of pyridine rings is 1. The third-order valence-corrected chi connectivity index (χ3v) is 4.72. The van der Waals surface area contributed by atoms with Gasteiger partial charge in [0.15, 0.2) is 4.32 Å². The van der Waals surface area contributed by atoms with Crippen LogP contribution in [0, 0.1) is 0 Å². The summed E-state index contributed by atoms with van der Waals surface area (Å²) in [5.41, 5.74) is 1.80. The summed E-state index contributed by atoms with van der Waals surface area (Å²) in [5, 5.41) is 0. The predicted molar refractivity (Wildman–Crippen MR) is 102 cm³/mol. The molecular formula is C18H14N2O3S2. The van der Waals surface area contributed by atoms with E-state index in [9.17, 15) is 9.59 Å². The van der Waals surface area contributed by atoms with Crippen molar-refractivity contribution in [3.63, 3.8) is 0 Å². The minimum atomic E-state index is -0.429. The first-order valence-corrected chi connectivity index (χ1v) is 8.78. The predicted octanol–water partition coefficient (Wildman–Crippen LogP) is 3.66. The fourth-order valence-electron chi connectivity index (χ4n) is 2.29. The van der Waals surface area contributed by atoms with E-state index in [0.717, 1.165) is 5.56 Å². The van der Waals surface area contributed by atoms with Crippen molar-refractivity contribution in [2.45, 2.75) is 6.92 Å². The summed E-state index contributed by atoms with van der Waals surface area (Å²) >= 11 is 6.58. The molecule has 0 unspecified atom stereocenters. The van der Waals surface area contributed by atoms with Gasteiger partial charge in [0.25, 0.3) is 5.91 Å². The number of benzene rings is 1. The molecule has 0 spiro atoms. The van der Waals surface area contributed by atoms with Gasteiger partial charge in [0.2, 0.25) is 0 Å². The number of hydrogen-bond donors (Lipinski definition) is 0. The maximum atomic E-state index is 12.7. The Morgan fingerprint density at radius 3 is 2.80 bits per heavy atom. The molecule has 1 fully saturated rings. The molecule has 1 saturated heterocycles. The fourth-order valence-corrected chi connectivity index (χ4v) is 3.59. The minimum Gasteiger partial charge on any atom is -0.462 e. The summed E-state index contributed by atoms with van der Waals surface area (Å²) in [4.78, 5) is 30.6. The van der Waals surface area contributed by atoms with Crippen LogP contribution in [0.4, 0.5) is 5.69 Å². The van der Waals surface area contributed by atoms with Crippen LogP contribution < -0.4 is 4.90 Å². The van der Waals surface area contributed by atoms with E-state index in [-0.39, 0.29) is 5.91 Å². The lowest BCUT2D eigenvalue weighted by atomic mass is 10.2. The van der Waals surface area contributed by atoms with Gasteiger partial charge in [-0.1, -0.05) is 30.0 Å². The average molecular weight is 370 g/mol. The molecule has 1 aromatic carbocycles. The zero-order chi connectivity index (χ0) is 17.8. The number of aromatic nitrogens is 1. The van der Waals surface area contributed by atoms with E-state index in [1.54, 1.807) is 49.7 Å². The van der Waals surface area contributed by atoms with Crippen molar-refractivity contribution in [1.82, 2.24) is 4.98 Å². The highest BCUT2D eigenvalue weighted by atomic mass is 32.2. The Bertz CT molecular complexity index is 866. The van der Waals surface area contributed by atoms with Gasteiger partial charge in [-0.15, -0.1) is 0 Å². The molecule has 0 saturated carbocycles. The smallest absolute Gasteiger partial charge is 0.338 e. The number of thioether (sulfide) groups is 1. The van der Waals surface area contributed by atoms with Crippen LogP contribution in [-0.4, -0.2) is 27.8 Å². The highest BCUT2D eigenvalue weighted by molar-refractivity contribution is 8.27. The van der Waals surface area contributed by atoms with Crippen molar-refractivity contribution < 1.29 is 14.3 Å². The van der Waals surface area contributed by atoms with E-state index >= 15 is 0 Å². The molecule has 0 radical (unpaired) electrons. The number of rotatable bonds is 4. The van der Waals surface area contributed by atoms with Crippen molar-refractivity contribution in [2.24, 2.45) is 0 Å². The lowest BCUT2D eigenvalue weighted by Crippen LogP contribution is -2.27. The van der Waals surface area contributed by atoms with Crippen molar-refractivity contribution in [3.8, 4) is 0 Å². The van der Waals surface area contributed by atoms with Crippen LogP contribution in [0.15, 0.2) is 53.7 Å². The Labute approximate surface area is 154 Å². The zero-order valence-electron chi connectivity index (χ0n) is 13.3. The van der Waals surface area contributed by atoms with Crippen LogP contribution >= 0.6 is 24.0 Å². The van der Waals surface area contributed by atoms with Gasteiger partial charge < -0.3 is 4.74 Å². The maximum Gasteiger partial charge on any atom is 0.338 e. The van der Waals surface area contributed by atoms with E-state index in [1.807, 2.05) is 12.1 Å². The Kier molecular flexibility index (Phi) is 5.25. The van der Waals surface area contributed by atoms with Gasteiger partial charge in [0, 0.05) is 12.4 Å². The number of thiocarbonyl (C=S) groups is 1. The first-order chi connectivity index (χ1) is 12.1. The topological polar surface area (TPSA) is 59.5 Å². The monoisotopic (exact) mass is 370 g/mol. The number of ether oxygens (including phenoxy) is 1. The Hall–Kier alpha value is -2.51. The maximum absolute atomic E-state index is 12.7. The minimum absolute atomic E-state index is 0.215. The van der Waals surface area contributed by atoms with E-state index < -0.39 is 5.97 Å². The van der Waals surface area contributed by atoms with Gasteiger partial charge in [-0.2, -0.15) is 0 Å². The van der Waals surface area contributed by atoms with E-state index in [4.69, 9.17) is 17.0 Å². The summed E-state index contributed by atoms with van der Waals surface area (Å²) < 4.78 is 5.42. The van der Waals surface area contributed by atoms with Crippen LogP contribution in [0.1, 0.15) is 22.8 Å². The normalized spacial score (nSPS) is 15.7. The summed E-state index contributed by atoms with van der Waals surface area (Å²) in [5.74, 6) is -0.644. The van der Waals surface area contributed by atoms with Gasteiger partial charge in [-0.25, -0.2) is 4.79 Å². The van der Waals surface area contributed by atoms with Crippen LogP contribution in [0.25, 0.3) is 6.08 Å². The van der Waals surface area contributed by atoms with Crippen LogP contribution in [0.3, 0.4) is 0 Å². The number of amides is 1. The van der Waals surface area contributed by atoms with Crippen molar-refractivity contribution in [2.75, 3.05) is 11.5 Å². The first kappa shape index (κ1) is 17.3. The van der Waals surface area contributed by atoms with Crippen LogP contribution in [-0.2, 0) is 9.53 Å². The Morgan fingerprint density at radius 1 is 1.32 bits per heavy atom. The number of nitrogens with zero attached hydrogens (tertiary/aromatic N) is 2. The number of carbonyl (C=O) groups excluding carboxylic acids is 2. The van der Waals surface area contributed by atoms with Crippen molar-refractivity contribution in [3.05, 3.63) is 64.8 Å². The second-order valence-corrected chi connectivity index (χ2v) is 6.74. The fraction of sp³-hybridized carbons (Fsp3) is 0.111. The van der Waals surface area contributed by atoms with E-state index in [0.29, 0.717) is 27.1 Å². The average Bonchev–Trinajstić information content (AvgIpc) is 2.90. The van der Waals surface area contributed by atoms with E-state index in [2.05, 4.69) is 4.98 Å². The molecule has 126 valence electrons. The first-order valence-electron chi connectivity index (χ1n) is 7.55. The van der Waals surface area contributed by atoms with Gasteiger partial charge >= 0.3 is 5.97 Å². The molecule has 2 heterocycles. The molecular weight excluding hydrogens is 356 g/mol. The molecule has 0 bridgehead atoms. The molecule has 1 amide bonds. The van der Waals surface area contributed by atoms with Crippen LogP contribution in [0.2, 0.25) is 0 Å². The number of anilines is 1. The highest BCUT2D eigenvalue weighted by Crippen LogP contribution is 2.36. The summed E-state index contributed by atoms with van der Waals surface area (Å²) in [6, 6.07) is 10.3. The lowest BCUT2D eigenvalue weighted by Gasteiger charge is -2.15. The number of hydrogen-bond acceptors (Lipinski definition) is 6. The van der Waals surface area contributed by atoms with Gasteiger partial charge in [0.05, 0.1) is 22.8 Å². The third-order valence-electron chi connectivity index (χ3n) is 3.41. The van der Waals surface area contributed by atoms with Crippen molar-refractivity contribution >= 4 is 51.9 Å². The largest absolute Gasteiger partial charge is 0.462 e. The summed E-state index contributed by atoms with van der Waals surface area (Å²) in [6.07, 6.45) is 5.10. The van der Waals surface area contributed by atoms with Crippen molar-refractivity contribution in [1.29, 1.82) is 0 Å². The Balaban J connectivity index is 1.90. The molecule has 1 aliphatic heterocycles. The third kappa shape index (κ3) is 3.78. The molecule has 0 atom stereocenters. The molecule has 7 heteroatoms. The molecule has 25 heavy (non-hydrogen) atoms. The molecule has 1 aromatic heterocycles. The molecule has 1 aliphatic rings. The van der Waals surface area contributed by atoms with Crippen LogP contribution in [0.5, 0.6) is 0 Å². The van der Waals surface area contributed by atoms with Gasteiger partial charge in [-0.05, 0) is 48.9 Å². The quantitative estimate of drug-likeness (QED) is 0.465. The Morgan fingerprint density at radius 2 is 2.08 bits per heavy atom. The molecule has 0 N–H and O–H groups in total. The molecule has 5 nitrogen and oxygen atoms in total. The second kappa shape index (κ2) is 7.58. The molecule has 2 aromatic rings. The number of carbonyl (C=O) groups is 2. The second-order valence-electron chi connectivity index (χ2n) is 5.07. The highest BCUT2D eigenvalue weighted by Gasteiger charge is 2.33. The lowest BCUT2D eigenvalue weighted by molar-refractivity contribution is -0.113.